The molecule has 2 aromatic rings. The van der Waals surface area contributed by atoms with E-state index in [2.05, 4.69) is 4.40 Å². The van der Waals surface area contributed by atoms with Crippen LogP contribution in [0.5, 0.6) is 0 Å². The molecule has 0 radical (unpaired) electrons. The summed E-state index contributed by atoms with van der Waals surface area (Å²) in [5, 5.41) is 0.583. The lowest BCUT2D eigenvalue weighted by atomic mass is 10.2. The number of esters is 1. The van der Waals surface area contributed by atoms with Crippen LogP contribution in [0.15, 0.2) is 63.9 Å². The largest absolute Gasteiger partial charge is 0.461 e. The van der Waals surface area contributed by atoms with Crippen molar-refractivity contribution in [3.63, 3.8) is 0 Å². The molecule has 0 fully saturated rings. The van der Waals surface area contributed by atoms with Gasteiger partial charge < -0.3 is 9.64 Å². The van der Waals surface area contributed by atoms with E-state index in [4.69, 9.17) is 16.3 Å². The molecule has 3 rings (SSSR count). The first-order valence-corrected chi connectivity index (χ1v) is 9.94. The van der Waals surface area contributed by atoms with Gasteiger partial charge in [0.1, 0.15) is 11.5 Å². The summed E-state index contributed by atoms with van der Waals surface area (Å²) in [6.07, 6.45) is 2.93. The minimum atomic E-state index is -3.67. The number of rotatable bonds is 5. The summed E-state index contributed by atoms with van der Waals surface area (Å²) in [7, 11) is -1.97. The molecule has 0 N–H and O–H groups in total. The van der Waals surface area contributed by atoms with Crippen molar-refractivity contribution in [2.75, 3.05) is 20.2 Å². The van der Waals surface area contributed by atoms with E-state index in [9.17, 15) is 13.2 Å². The third-order valence-corrected chi connectivity index (χ3v) is 5.47. The van der Waals surface area contributed by atoms with Crippen molar-refractivity contribution in [2.45, 2.75) is 4.90 Å². The van der Waals surface area contributed by atoms with Crippen LogP contribution in [0.25, 0.3) is 6.08 Å². The molecule has 27 heavy (non-hydrogen) atoms. The first-order chi connectivity index (χ1) is 12.9. The fourth-order valence-electron chi connectivity index (χ4n) is 2.58. The number of hydrogen-bond acceptors (Lipinski definition) is 5. The maximum Gasteiger partial charge on any atom is 0.330 e. The van der Waals surface area contributed by atoms with Crippen molar-refractivity contribution >= 4 is 39.5 Å². The SMILES string of the molecule is CN(CCOC(=O)/C=C/c1cccc(Cl)c1)C1=NS(=O)(=O)c2ccccc21. The van der Waals surface area contributed by atoms with Gasteiger partial charge in [0.05, 0.1) is 6.54 Å². The van der Waals surface area contributed by atoms with Gasteiger partial charge in [-0.25, -0.2) is 4.79 Å². The summed E-state index contributed by atoms with van der Waals surface area (Å²) in [5.41, 5.74) is 1.34. The van der Waals surface area contributed by atoms with Gasteiger partial charge in [-0.1, -0.05) is 35.9 Å². The van der Waals surface area contributed by atoms with Crippen LogP contribution in [-0.2, 0) is 19.6 Å². The minimum absolute atomic E-state index is 0.0937. The third-order valence-electron chi connectivity index (χ3n) is 3.91. The number of ether oxygens (including phenoxy) is 1. The first-order valence-electron chi connectivity index (χ1n) is 8.13. The number of hydrogen-bond donors (Lipinski definition) is 0. The van der Waals surface area contributed by atoms with E-state index in [1.54, 1.807) is 54.4 Å². The van der Waals surface area contributed by atoms with E-state index < -0.39 is 16.0 Å². The van der Waals surface area contributed by atoms with Crippen LogP contribution in [0, 0.1) is 0 Å². The van der Waals surface area contributed by atoms with Gasteiger partial charge in [0, 0.05) is 23.7 Å². The lowest BCUT2D eigenvalue weighted by Crippen LogP contribution is -2.30. The molecule has 0 saturated heterocycles. The van der Waals surface area contributed by atoms with Crippen LogP contribution in [0.2, 0.25) is 5.02 Å². The normalized spacial score (nSPS) is 14.7. The fourth-order valence-corrected chi connectivity index (χ4v) is 4.03. The molecule has 1 aliphatic heterocycles. The molecule has 0 spiro atoms. The maximum atomic E-state index is 12.1. The van der Waals surface area contributed by atoms with Gasteiger partial charge in [-0.3, -0.25) is 0 Å². The molecule has 1 aliphatic rings. The van der Waals surface area contributed by atoms with Crippen molar-refractivity contribution in [3.8, 4) is 0 Å². The summed E-state index contributed by atoms with van der Waals surface area (Å²) >= 11 is 5.89. The molecule has 0 unspecified atom stereocenters. The van der Waals surface area contributed by atoms with E-state index in [1.165, 1.54) is 12.1 Å². The van der Waals surface area contributed by atoms with Crippen molar-refractivity contribution < 1.29 is 17.9 Å². The number of amidine groups is 1. The fraction of sp³-hybridized carbons (Fsp3) is 0.158. The van der Waals surface area contributed by atoms with Gasteiger partial charge in [0.15, 0.2) is 5.84 Å². The highest BCUT2D eigenvalue weighted by Crippen LogP contribution is 2.26. The molecule has 0 aliphatic carbocycles. The Kier molecular flexibility index (Phi) is 5.62. The molecule has 1 heterocycles. The monoisotopic (exact) mass is 404 g/mol. The molecule has 6 nitrogen and oxygen atoms in total. The van der Waals surface area contributed by atoms with Crippen LogP contribution in [0.3, 0.4) is 0 Å². The summed E-state index contributed by atoms with van der Waals surface area (Å²) in [5.74, 6) is -0.152. The van der Waals surface area contributed by atoms with E-state index >= 15 is 0 Å². The Labute approximate surface area is 162 Å². The zero-order chi connectivity index (χ0) is 19.4. The molecule has 0 aromatic heterocycles. The van der Waals surface area contributed by atoms with Crippen molar-refractivity contribution in [3.05, 3.63) is 70.8 Å². The molecule has 0 saturated carbocycles. The van der Waals surface area contributed by atoms with Gasteiger partial charge in [0.2, 0.25) is 0 Å². The highest BCUT2D eigenvalue weighted by Gasteiger charge is 2.30. The lowest BCUT2D eigenvalue weighted by Gasteiger charge is -2.18. The smallest absolute Gasteiger partial charge is 0.330 e. The number of nitrogens with zero attached hydrogens (tertiary/aromatic N) is 2. The highest BCUT2D eigenvalue weighted by atomic mass is 35.5. The Hall–Kier alpha value is -2.64. The first kappa shape index (κ1) is 19.1. The van der Waals surface area contributed by atoms with E-state index in [-0.39, 0.29) is 11.5 Å². The maximum absolute atomic E-state index is 12.1. The number of fused-ring (bicyclic) bond motifs is 1. The van der Waals surface area contributed by atoms with Gasteiger partial charge >= 0.3 is 5.97 Å². The molecule has 2 aromatic carbocycles. The van der Waals surface area contributed by atoms with E-state index in [0.29, 0.717) is 23.0 Å². The second kappa shape index (κ2) is 7.94. The predicted octanol–water partition coefficient (Wildman–Crippen LogP) is 2.98. The van der Waals surface area contributed by atoms with Crippen LogP contribution < -0.4 is 0 Å². The molecule has 0 atom stereocenters. The highest BCUT2D eigenvalue weighted by molar-refractivity contribution is 7.90. The topological polar surface area (TPSA) is 76.0 Å². The zero-order valence-electron chi connectivity index (χ0n) is 14.5. The summed E-state index contributed by atoms with van der Waals surface area (Å²) in [6.45, 7) is 0.399. The number of sulfonamides is 1. The van der Waals surface area contributed by atoms with Crippen molar-refractivity contribution in [1.82, 2.24) is 4.90 Å². The second-order valence-electron chi connectivity index (χ2n) is 5.86. The lowest BCUT2D eigenvalue weighted by molar-refractivity contribution is -0.137. The average molecular weight is 405 g/mol. The van der Waals surface area contributed by atoms with E-state index in [1.807, 2.05) is 6.07 Å². The Bertz CT molecular complexity index is 1030. The quantitative estimate of drug-likeness (QED) is 0.565. The number of halogens is 1. The molecule has 140 valence electrons. The second-order valence-corrected chi connectivity index (χ2v) is 7.87. The minimum Gasteiger partial charge on any atom is -0.461 e. The Morgan fingerprint density at radius 2 is 2.00 bits per heavy atom. The van der Waals surface area contributed by atoms with Gasteiger partial charge in [-0.2, -0.15) is 8.42 Å². The number of carbonyl (C=O) groups is 1. The van der Waals surface area contributed by atoms with Gasteiger partial charge in [0.25, 0.3) is 10.0 Å². The van der Waals surface area contributed by atoms with Crippen LogP contribution in [0.1, 0.15) is 11.1 Å². The van der Waals surface area contributed by atoms with Gasteiger partial charge in [-0.05, 0) is 35.9 Å². The molecular formula is C19H17ClN2O4S. The average Bonchev–Trinajstić information content (AvgIpc) is 2.92. The Morgan fingerprint density at radius 1 is 1.22 bits per heavy atom. The summed E-state index contributed by atoms with van der Waals surface area (Å²) < 4.78 is 33.1. The number of benzene rings is 2. The molecule has 8 heteroatoms. The molecule has 0 bridgehead atoms. The summed E-state index contributed by atoms with van der Waals surface area (Å²) in [6, 6.07) is 13.7. The Balaban J connectivity index is 1.56. The van der Waals surface area contributed by atoms with Crippen LogP contribution in [-0.4, -0.2) is 45.3 Å². The van der Waals surface area contributed by atoms with Crippen molar-refractivity contribution in [2.24, 2.45) is 4.40 Å². The molecule has 0 amide bonds. The predicted molar refractivity (Wildman–Crippen MR) is 104 cm³/mol. The van der Waals surface area contributed by atoms with Gasteiger partial charge in [-0.15, -0.1) is 4.40 Å². The number of carbonyl (C=O) groups excluding carboxylic acids is 1. The van der Waals surface area contributed by atoms with Crippen LogP contribution >= 0.6 is 11.6 Å². The third kappa shape index (κ3) is 4.56. The standard InChI is InChI=1S/C19H17ClN2O4S/c1-22(19-16-7-2-3-8-17(16)27(24,25)21-19)11-12-26-18(23)10-9-14-5-4-6-15(20)13-14/h2-10,13H,11-12H2,1H3/b10-9+. The summed E-state index contributed by atoms with van der Waals surface area (Å²) in [4.78, 5) is 13.7. The zero-order valence-corrected chi connectivity index (χ0v) is 16.1. The van der Waals surface area contributed by atoms with Crippen LogP contribution in [0.4, 0.5) is 0 Å². The number of likely N-dealkylation sites (N-methyl/N-ethyl adjacent to an activating group) is 1. The van der Waals surface area contributed by atoms with E-state index in [0.717, 1.165) is 5.56 Å². The molecular weight excluding hydrogens is 388 g/mol. The van der Waals surface area contributed by atoms with Crippen molar-refractivity contribution in [1.29, 1.82) is 0 Å². The Morgan fingerprint density at radius 3 is 2.78 bits per heavy atom.